The Balaban J connectivity index is 0.000000604. The summed E-state index contributed by atoms with van der Waals surface area (Å²) in [4.78, 5) is 26.2. The van der Waals surface area contributed by atoms with Crippen LogP contribution in [-0.2, 0) is 26.0 Å². The number of carboxylic acid groups (broad SMARTS) is 1. The molecule has 2 saturated heterocycles. The minimum absolute atomic E-state index is 0.00845. The Morgan fingerprint density at radius 2 is 1.73 bits per heavy atom. The molecule has 3 rings (SSSR count). The van der Waals surface area contributed by atoms with Gasteiger partial charge in [0, 0.05) is 45.3 Å². The molecule has 0 aliphatic carbocycles. The summed E-state index contributed by atoms with van der Waals surface area (Å²) in [5, 5.41) is 10.3. The number of nitrogens with one attached hydrogen (secondary N) is 1. The van der Waals surface area contributed by atoms with Crippen molar-refractivity contribution in [1.82, 2.24) is 19.4 Å². The maximum Gasteiger partial charge on any atom is 0.490 e. The molecule has 1 aromatic rings. The van der Waals surface area contributed by atoms with Crippen molar-refractivity contribution in [2.45, 2.75) is 45.3 Å². The van der Waals surface area contributed by atoms with Crippen LogP contribution in [0.4, 0.5) is 13.2 Å². The number of aliphatic carboxylic acids is 1. The van der Waals surface area contributed by atoms with Crippen LogP contribution in [0.1, 0.15) is 30.9 Å². The number of rotatable bonds is 9. The first-order valence-corrected chi connectivity index (χ1v) is 14.0. The van der Waals surface area contributed by atoms with E-state index in [-0.39, 0.29) is 18.2 Å². The second kappa shape index (κ2) is 14.1. The topological polar surface area (TPSA) is 110 Å². The van der Waals surface area contributed by atoms with Crippen LogP contribution in [0.3, 0.4) is 0 Å². The summed E-state index contributed by atoms with van der Waals surface area (Å²) in [6.07, 6.45) is -2.57. The third kappa shape index (κ3) is 10.2. The van der Waals surface area contributed by atoms with Gasteiger partial charge < -0.3 is 15.3 Å². The predicted molar refractivity (Wildman–Crippen MR) is 134 cm³/mol. The number of carbonyl (C=O) groups excluding carboxylic acids is 1. The normalized spacial score (nSPS) is 19.2. The number of aryl methyl sites for hydroxylation is 1. The standard InChI is InChI=1S/C22H36N4O3S.C2HF3O2/c1-3-24-12-4-5-21(24)18-25(22(27)17-20-8-6-19(2)7-9-20)15-16-30(28,29)26-13-10-23-11-14-26;3-2(4,5)1(6)7/h6-9,21,23H,3-5,10-18H2,1-2H3;(H,6,7). The van der Waals surface area contributed by atoms with Crippen LogP contribution in [0.5, 0.6) is 0 Å². The fraction of sp³-hybridized carbons (Fsp3) is 0.667. The van der Waals surface area contributed by atoms with E-state index in [1.165, 1.54) is 0 Å². The van der Waals surface area contributed by atoms with Gasteiger partial charge in [0.2, 0.25) is 15.9 Å². The highest BCUT2D eigenvalue weighted by molar-refractivity contribution is 7.89. The van der Waals surface area contributed by atoms with Crippen molar-refractivity contribution in [3.05, 3.63) is 35.4 Å². The highest BCUT2D eigenvalue weighted by atomic mass is 32.2. The monoisotopic (exact) mass is 550 g/mol. The van der Waals surface area contributed by atoms with Gasteiger partial charge in [-0.1, -0.05) is 36.8 Å². The van der Waals surface area contributed by atoms with E-state index in [1.54, 1.807) is 9.21 Å². The number of hydrogen-bond acceptors (Lipinski definition) is 6. The molecule has 0 spiro atoms. The number of alkyl halides is 3. The average molecular weight is 551 g/mol. The summed E-state index contributed by atoms with van der Waals surface area (Å²) in [5.41, 5.74) is 2.13. The third-order valence-corrected chi connectivity index (χ3v) is 8.35. The molecule has 2 aliphatic rings. The Hall–Kier alpha value is -2.22. The van der Waals surface area contributed by atoms with Crippen LogP contribution in [0.15, 0.2) is 24.3 Å². The summed E-state index contributed by atoms with van der Waals surface area (Å²) in [7, 11) is -3.36. The lowest BCUT2D eigenvalue weighted by molar-refractivity contribution is -0.192. The maximum absolute atomic E-state index is 13.2. The zero-order valence-corrected chi connectivity index (χ0v) is 22.2. The van der Waals surface area contributed by atoms with Crippen LogP contribution < -0.4 is 5.32 Å². The first-order valence-electron chi connectivity index (χ1n) is 12.4. The summed E-state index contributed by atoms with van der Waals surface area (Å²) in [6, 6.07) is 8.31. The first kappa shape index (κ1) is 31.0. The van der Waals surface area contributed by atoms with Crippen molar-refractivity contribution in [1.29, 1.82) is 0 Å². The number of likely N-dealkylation sites (tertiary alicyclic amines) is 1. The lowest BCUT2D eigenvalue weighted by Gasteiger charge is -2.32. The molecule has 2 N–H and O–H groups in total. The van der Waals surface area contributed by atoms with Crippen molar-refractivity contribution in [3.8, 4) is 0 Å². The Morgan fingerprint density at radius 3 is 2.27 bits per heavy atom. The minimum Gasteiger partial charge on any atom is -0.475 e. The molecule has 1 aromatic carbocycles. The fourth-order valence-corrected chi connectivity index (χ4v) is 5.81. The molecule has 0 aromatic heterocycles. The number of halogens is 3. The predicted octanol–water partition coefficient (Wildman–Crippen LogP) is 1.72. The maximum atomic E-state index is 13.2. The fourth-order valence-electron chi connectivity index (χ4n) is 4.36. The zero-order chi connectivity index (χ0) is 27.6. The van der Waals surface area contributed by atoms with Gasteiger partial charge in [0.15, 0.2) is 0 Å². The van der Waals surface area contributed by atoms with Gasteiger partial charge in [-0.15, -0.1) is 0 Å². The molecule has 210 valence electrons. The summed E-state index contributed by atoms with van der Waals surface area (Å²) < 4.78 is 58.9. The van der Waals surface area contributed by atoms with Crippen LogP contribution >= 0.6 is 0 Å². The van der Waals surface area contributed by atoms with Crippen molar-refractivity contribution in [3.63, 3.8) is 0 Å². The van der Waals surface area contributed by atoms with E-state index in [0.717, 1.165) is 37.1 Å². The summed E-state index contributed by atoms with van der Waals surface area (Å²) in [6.45, 7) is 9.43. The lowest BCUT2D eigenvalue weighted by atomic mass is 10.1. The largest absolute Gasteiger partial charge is 0.490 e. The SMILES string of the molecule is CCN1CCCC1CN(CCS(=O)(=O)N1CCNCC1)C(=O)Cc1ccc(C)cc1.O=C(O)C(F)(F)F. The number of likely N-dealkylation sites (N-methyl/N-ethyl adjacent to an activating group) is 1. The van der Waals surface area contributed by atoms with Gasteiger partial charge in [-0.05, 0) is 38.4 Å². The van der Waals surface area contributed by atoms with Crippen molar-refractivity contribution < 1.29 is 36.3 Å². The van der Waals surface area contributed by atoms with Crippen LogP contribution in [0, 0.1) is 6.92 Å². The smallest absolute Gasteiger partial charge is 0.475 e. The molecule has 0 radical (unpaired) electrons. The quantitative estimate of drug-likeness (QED) is 0.482. The van der Waals surface area contributed by atoms with E-state index < -0.39 is 22.2 Å². The number of amides is 1. The van der Waals surface area contributed by atoms with Gasteiger partial charge in [-0.3, -0.25) is 9.69 Å². The zero-order valence-electron chi connectivity index (χ0n) is 21.3. The van der Waals surface area contributed by atoms with Crippen LogP contribution in [-0.4, -0.2) is 110 Å². The molecule has 0 saturated carbocycles. The number of hydrogen-bond donors (Lipinski definition) is 2. The number of carboxylic acids is 1. The molecular weight excluding hydrogens is 513 g/mol. The number of carbonyl (C=O) groups is 2. The van der Waals surface area contributed by atoms with E-state index >= 15 is 0 Å². The van der Waals surface area contributed by atoms with Gasteiger partial charge in [0.25, 0.3) is 0 Å². The Morgan fingerprint density at radius 1 is 1.14 bits per heavy atom. The summed E-state index contributed by atoms with van der Waals surface area (Å²) in [5.74, 6) is -2.75. The van der Waals surface area contributed by atoms with E-state index in [2.05, 4.69) is 17.1 Å². The highest BCUT2D eigenvalue weighted by Crippen LogP contribution is 2.19. The molecule has 2 aliphatic heterocycles. The minimum atomic E-state index is -5.08. The molecule has 2 fully saturated rings. The van der Waals surface area contributed by atoms with Gasteiger partial charge in [0.05, 0.1) is 12.2 Å². The van der Waals surface area contributed by atoms with Crippen molar-refractivity contribution in [2.75, 3.05) is 58.1 Å². The second-order valence-corrected chi connectivity index (χ2v) is 11.3. The molecule has 13 heteroatoms. The molecule has 1 unspecified atom stereocenters. The average Bonchev–Trinajstić information content (AvgIpc) is 3.30. The first-order chi connectivity index (χ1) is 17.3. The van der Waals surface area contributed by atoms with Crippen LogP contribution in [0.2, 0.25) is 0 Å². The number of benzene rings is 1. The number of sulfonamides is 1. The summed E-state index contributed by atoms with van der Waals surface area (Å²) >= 11 is 0. The van der Waals surface area contributed by atoms with E-state index in [4.69, 9.17) is 9.90 Å². The van der Waals surface area contributed by atoms with E-state index in [0.29, 0.717) is 45.2 Å². The van der Waals surface area contributed by atoms with Gasteiger partial charge >= 0.3 is 12.1 Å². The number of nitrogens with zero attached hydrogens (tertiary/aromatic N) is 3. The van der Waals surface area contributed by atoms with Gasteiger partial charge in [0.1, 0.15) is 0 Å². The van der Waals surface area contributed by atoms with Crippen molar-refractivity contribution >= 4 is 21.9 Å². The number of piperazine rings is 1. The molecule has 1 amide bonds. The molecule has 2 heterocycles. The van der Waals surface area contributed by atoms with Gasteiger partial charge in [-0.25, -0.2) is 13.2 Å². The van der Waals surface area contributed by atoms with E-state index in [1.807, 2.05) is 31.2 Å². The lowest BCUT2D eigenvalue weighted by Crippen LogP contribution is -2.50. The molecule has 0 bridgehead atoms. The second-order valence-electron chi connectivity index (χ2n) is 9.19. The molecule has 9 nitrogen and oxygen atoms in total. The van der Waals surface area contributed by atoms with Gasteiger partial charge in [-0.2, -0.15) is 17.5 Å². The van der Waals surface area contributed by atoms with Crippen LogP contribution in [0.25, 0.3) is 0 Å². The van der Waals surface area contributed by atoms with Crippen molar-refractivity contribution in [2.24, 2.45) is 0 Å². The Kier molecular flexibility index (Phi) is 11.8. The third-order valence-electron chi connectivity index (χ3n) is 6.50. The Labute approximate surface area is 216 Å². The molecular formula is C24H37F3N4O5S. The van der Waals surface area contributed by atoms with E-state index in [9.17, 15) is 26.4 Å². The molecule has 1 atom stereocenters. The molecule has 37 heavy (non-hydrogen) atoms. The highest BCUT2D eigenvalue weighted by Gasteiger charge is 2.38. The Bertz CT molecular complexity index is 983.